The summed E-state index contributed by atoms with van der Waals surface area (Å²) in [6.07, 6.45) is 2.40. The van der Waals surface area contributed by atoms with E-state index in [1.807, 2.05) is 19.1 Å². The van der Waals surface area contributed by atoms with E-state index in [0.717, 1.165) is 12.8 Å². The number of carbonyl (C=O) groups is 2. The highest BCUT2D eigenvalue weighted by molar-refractivity contribution is 5.85. The molecule has 0 radical (unpaired) electrons. The average Bonchev–Trinajstić information content (AvgIpc) is 3.10. The van der Waals surface area contributed by atoms with E-state index in [1.54, 1.807) is 23.1 Å². The molecule has 146 valence electrons. The first kappa shape index (κ1) is 18.7. The second-order valence-electron chi connectivity index (χ2n) is 7.67. The molecule has 5 heteroatoms. The van der Waals surface area contributed by atoms with Crippen molar-refractivity contribution in [2.75, 3.05) is 6.54 Å². The van der Waals surface area contributed by atoms with Gasteiger partial charge in [0.25, 0.3) is 0 Å². The number of piperidine rings is 1. The Morgan fingerprint density at radius 2 is 1.75 bits per heavy atom. The number of amides is 2. The van der Waals surface area contributed by atoms with Crippen molar-refractivity contribution >= 4 is 11.8 Å². The number of benzene rings is 2. The lowest BCUT2D eigenvalue weighted by Crippen LogP contribution is -2.50. The van der Waals surface area contributed by atoms with E-state index >= 15 is 0 Å². The van der Waals surface area contributed by atoms with Gasteiger partial charge in [0.2, 0.25) is 11.8 Å². The van der Waals surface area contributed by atoms with Crippen LogP contribution in [0.25, 0.3) is 0 Å². The van der Waals surface area contributed by atoms with Crippen LogP contribution in [0.15, 0.2) is 48.5 Å². The number of nitrogens with one attached hydrogen (secondary N) is 1. The number of carbonyl (C=O) groups excluding carboxylic acids is 2. The number of hydrogen-bond acceptors (Lipinski definition) is 2. The second-order valence-corrected chi connectivity index (χ2v) is 7.67. The van der Waals surface area contributed by atoms with E-state index in [2.05, 4.69) is 17.4 Å². The Morgan fingerprint density at radius 1 is 1.11 bits per heavy atom. The van der Waals surface area contributed by atoms with Crippen molar-refractivity contribution in [2.24, 2.45) is 5.92 Å². The van der Waals surface area contributed by atoms with Crippen LogP contribution in [0.2, 0.25) is 0 Å². The van der Waals surface area contributed by atoms with Gasteiger partial charge in [0, 0.05) is 24.6 Å². The molecule has 2 aliphatic rings. The minimum absolute atomic E-state index is 0.0203. The van der Waals surface area contributed by atoms with E-state index in [-0.39, 0.29) is 23.7 Å². The summed E-state index contributed by atoms with van der Waals surface area (Å²) in [7, 11) is 0. The summed E-state index contributed by atoms with van der Waals surface area (Å²) in [4.78, 5) is 27.3. The van der Waals surface area contributed by atoms with Crippen LogP contribution < -0.4 is 5.32 Å². The standard InChI is InChI=1S/C23H25FN2O2/c1-2-26-21(27)12-11-19(22(26)18-9-5-6-10-20(18)24)23(28)25-17-13-15-7-3-4-8-16(15)14-17/h3-10,17,19,22H,2,11-14H2,1H3,(H,25,28)/t19-,22+/m1/s1. The lowest BCUT2D eigenvalue weighted by molar-refractivity contribution is -0.143. The molecule has 2 aromatic carbocycles. The average molecular weight is 380 g/mol. The van der Waals surface area contributed by atoms with Crippen molar-refractivity contribution in [3.63, 3.8) is 0 Å². The van der Waals surface area contributed by atoms with Gasteiger partial charge in [0.15, 0.2) is 0 Å². The number of hydrogen-bond donors (Lipinski definition) is 1. The van der Waals surface area contributed by atoms with E-state index < -0.39 is 12.0 Å². The van der Waals surface area contributed by atoms with Gasteiger partial charge >= 0.3 is 0 Å². The van der Waals surface area contributed by atoms with Gasteiger partial charge in [-0.15, -0.1) is 0 Å². The Kier molecular flexibility index (Phi) is 5.16. The molecule has 0 unspecified atom stereocenters. The lowest BCUT2D eigenvalue weighted by atomic mass is 9.83. The summed E-state index contributed by atoms with van der Waals surface area (Å²) in [5.41, 5.74) is 2.96. The number of nitrogens with zero attached hydrogens (tertiary/aromatic N) is 1. The smallest absolute Gasteiger partial charge is 0.225 e. The van der Waals surface area contributed by atoms with Crippen molar-refractivity contribution < 1.29 is 14.0 Å². The van der Waals surface area contributed by atoms with Crippen molar-refractivity contribution in [1.82, 2.24) is 10.2 Å². The molecule has 0 aromatic heterocycles. The molecule has 0 saturated carbocycles. The monoisotopic (exact) mass is 380 g/mol. The highest BCUT2D eigenvalue weighted by Crippen LogP contribution is 2.38. The van der Waals surface area contributed by atoms with Crippen molar-refractivity contribution in [2.45, 2.75) is 44.7 Å². The molecule has 1 fully saturated rings. The molecule has 1 aliphatic carbocycles. The maximum absolute atomic E-state index is 14.6. The molecule has 1 aliphatic heterocycles. The van der Waals surface area contributed by atoms with Crippen LogP contribution in [-0.4, -0.2) is 29.3 Å². The largest absolute Gasteiger partial charge is 0.352 e. The first-order valence-electron chi connectivity index (χ1n) is 9.99. The van der Waals surface area contributed by atoms with Crippen LogP contribution in [0.5, 0.6) is 0 Å². The number of fused-ring (bicyclic) bond motifs is 1. The Hall–Kier alpha value is -2.69. The SMILES string of the molecule is CCN1C(=O)CC[C@@H](C(=O)NC2Cc3ccccc3C2)[C@@H]1c1ccccc1F. The van der Waals surface area contributed by atoms with Gasteiger partial charge in [-0.2, -0.15) is 0 Å². The molecular weight excluding hydrogens is 355 g/mol. The van der Waals surface area contributed by atoms with Gasteiger partial charge in [0.1, 0.15) is 5.82 Å². The van der Waals surface area contributed by atoms with Crippen LogP contribution in [0, 0.1) is 11.7 Å². The third-order valence-electron chi connectivity index (χ3n) is 6.01. The Labute approximate surface area is 164 Å². The van der Waals surface area contributed by atoms with Gasteiger partial charge in [0.05, 0.1) is 12.0 Å². The molecule has 0 spiro atoms. The Morgan fingerprint density at radius 3 is 2.39 bits per heavy atom. The molecule has 0 bridgehead atoms. The molecule has 2 amide bonds. The summed E-state index contributed by atoms with van der Waals surface area (Å²) in [5, 5.41) is 3.17. The van der Waals surface area contributed by atoms with Crippen molar-refractivity contribution in [1.29, 1.82) is 0 Å². The first-order chi connectivity index (χ1) is 13.6. The van der Waals surface area contributed by atoms with E-state index in [9.17, 15) is 14.0 Å². The molecule has 4 rings (SSSR count). The van der Waals surface area contributed by atoms with Crippen LogP contribution in [0.3, 0.4) is 0 Å². The quantitative estimate of drug-likeness (QED) is 0.884. The van der Waals surface area contributed by atoms with E-state index in [4.69, 9.17) is 0 Å². The van der Waals surface area contributed by atoms with Crippen molar-refractivity contribution in [3.8, 4) is 0 Å². The van der Waals surface area contributed by atoms with Gasteiger partial charge in [-0.1, -0.05) is 42.5 Å². The zero-order valence-corrected chi connectivity index (χ0v) is 16.0. The normalized spacial score (nSPS) is 22.2. The first-order valence-corrected chi connectivity index (χ1v) is 9.99. The predicted octanol–water partition coefficient (Wildman–Crippen LogP) is 3.41. The fourth-order valence-electron chi connectivity index (χ4n) is 4.67. The van der Waals surface area contributed by atoms with Crippen LogP contribution >= 0.6 is 0 Å². The number of halogens is 1. The zero-order valence-electron chi connectivity index (χ0n) is 16.0. The number of rotatable bonds is 4. The summed E-state index contributed by atoms with van der Waals surface area (Å²) in [6.45, 7) is 2.33. The van der Waals surface area contributed by atoms with E-state index in [0.29, 0.717) is 24.9 Å². The molecule has 1 heterocycles. The topological polar surface area (TPSA) is 49.4 Å². The third kappa shape index (κ3) is 3.41. The molecule has 1 N–H and O–H groups in total. The maximum atomic E-state index is 14.6. The fraction of sp³-hybridized carbons (Fsp3) is 0.391. The lowest BCUT2D eigenvalue weighted by Gasteiger charge is -2.40. The Balaban J connectivity index is 1.57. The highest BCUT2D eigenvalue weighted by atomic mass is 19.1. The molecule has 1 saturated heterocycles. The summed E-state index contributed by atoms with van der Waals surface area (Å²) in [6, 6.07) is 14.2. The number of likely N-dealkylation sites (tertiary alicyclic amines) is 1. The maximum Gasteiger partial charge on any atom is 0.225 e. The third-order valence-corrected chi connectivity index (χ3v) is 6.01. The predicted molar refractivity (Wildman–Crippen MR) is 105 cm³/mol. The van der Waals surface area contributed by atoms with Gasteiger partial charge in [-0.25, -0.2) is 4.39 Å². The minimum Gasteiger partial charge on any atom is -0.352 e. The summed E-state index contributed by atoms with van der Waals surface area (Å²) >= 11 is 0. The van der Waals surface area contributed by atoms with Crippen LogP contribution in [-0.2, 0) is 22.4 Å². The molecule has 2 aromatic rings. The fourth-order valence-corrected chi connectivity index (χ4v) is 4.67. The molecule has 4 nitrogen and oxygen atoms in total. The van der Waals surface area contributed by atoms with Gasteiger partial charge < -0.3 is 10.2 Å². The van der Waals surface area contributed by atoms with Crippen molar-refractivity contribution in [3.05, 3.63) is 71.0 Å². The Bertz CT molecular complexity index is 873. The summed E-state index contributed by atoms with van der Waals surface area (Å²) < 4.78 is 14.6. The molecule has 28 heavy (non-hydrogen) atoms. The second kappa shape index (κ2) is 7.74. The molecule has 2 atom stereocenters. The van der Waals surface area contributed by atoms with Crippen LogP contribution in [0.4, 0.5) is 4.39 Å². The van der Waals surface area contributed by atoms with Gasteiger partial charge in [-0.05, 0) is 43.4 Å². The highest BCUT2D eigenvalue weighted by Gasteiger charge is 2.41. The minimum atomic E-state index is -0.559. The van der Waals surface area contributed by atoms with Crippen LogP contribution in [0.1, 0.15) is 42.5 Å². The zero-order chi connectivity index (χ0) is 19.7. The van der Waals surface area contributed by atoms with E-state index in [1.165, 1.54) is 17.2 Å². The molecular formula is C23H25FN2O2. The van der Waals surface area contributed by atoms with Gasteiger partial charge in [-0.3, -0.25) is 9.59 Å². The summed E-state index contributed by atoms with van der Waals surface area (Å²) in [5.74, 6) is -0.921.